The van der Waals surface area contributed by atoms with Crippen LogP contribution in [0.5, 0.6) is 0 Å². The smallest absolute Gasteiger partial charge is 0.123 e. The topological polar surface area (TPSA) is 12.0 Å². The van der Waals surface area contributed by atoms with Gasteiger partial charge in [0.05, 0.1) is 0 Å². The maximum absolute atomic E-state index is 13.4. The van der Waals surface area contributed by atoms with E-state index in [9.17, 15) is 4.39 Å². The van der Waals surface area contributed by atoms with Gasteiger partial charge in [-0.2, -0.15) is 0 Å². The number of rotatable bonds is 7. The average molecular weight is 306 g/mol. The van der Waals surface area contributed by atoms with Gasteiger partial charge in [-0.25, -0.2) is 4.39 Å². The number of halogens is 2. The fraction of sp³-hybridized carbons (Fsp3) is 0.333. The standard InChI is InChI=1S/C18H21ClFN/c1-2-21-17(10-8-14-6-4-3-5-7-14)13-15-12-16(20)9-11-18(15)19/h3-7,9,11-12,17,21H,2,8,10,13H2,1H3. The molecule has 2 aromatic carbocycles. The van der Waals surface area contributed by atoms with Crippen LogP contribution in [0.25, 0.3) is 0 Å². The van der Waals surface area contributed by atoms with Crippen LogP contribution in [-0.4, -0.2) is 12.6 Å². The van der Waals surface area contributed by atoms with E-state index in [4.69, 9.17) is 11.6 Å². The fourth-order valence-corrected chi connectivity index (χ4v) is 2.71. The third-order valence-electron chi connectivity index (χ3n) is 3.59. The molecule has 1 nitrogen and oxygen atoms in total. The summed E-state index contributed by atoms with van der Waals surface area (Å²) in [6.07, 6.45) is 2.76. The zero-order chi connectivity index (χ0) is 15.1. The molecule has 1 unspecified atom stereocenters. The van der Waals surface area contributed by atoms with Crippen molar-refractivity contribution in [3.05, 3.63) is 70.5 Å². The van der Waals surface area contributed by atoms with Crippen LogP contribution in [0.1, 0.15) is 24.5 Å². The predicted molar refractivity (Wildman–Crippen MR) is 87.3 cm³/mol. The van der Waals surface area contributed by atoms with Gasteiger partial charge in [0.1, 0.15) is 5.82 Å². The van der Waals surface area contributed by atoms with Crippen LogP contribution in [0.15, 0.2) is 48.5 Å². The largest absolute Gasteiger partial charge is 0.314 e. The second-order valence-corrected chi connectivity index (χ2v) is 5.63. The van der Waals surface area contributed by atoms with E-state index in [-0.39, 0.29) is 5.82 Å². The maximum Gasteiger partial charge on any atom is 0.123 e. The van der Waals surface area contributed by atoms with Crippen molar-refractivity contribution in [2.24, 2.45) is 0 Å². The molecule has 0 aliphatic rings. The van der Waals surface area contributed by atoms with Gasteiger partial charge in [0.25, 0.3) is 0 Å². The number of nitrogens with one attached hydrogen (secondary N) is 1. The molecule has 0 bridgehead atoms. The van der Waals surface area contributed by atoms with E-state index in [1.54, 1.807) is 6.07 Å². The third-order valence-corrected chi connectivity index (χ3v) is 3.96. The van der Waals surface area contributed by atoms with Gasteiger partial charge in [0.15, 0.2) is 0 Å². The number of aryl methyl sites for hydroxylation is 1. The summed E-state index contributed by atoms with van der Waals surface area (Å²) in [7, 11) is 0. The Labute approximate surface area is 131 Å². The monoisotopic (exact) mass is 305 g/mol. The molecule has 112 valence electrons. The Bertz CT molecular complexity index is 556. The molecular formula is C18H21ClFN. The van der Waals surface area contributed by atoms with Crippen LogP contribution in [0.3, 0.4) is 0 Å². The van der Waals surface area contributed by atoms with E-state index in [2.05, 4.69) is 36.5 Å². The van der Waals surface area contributed by atoms with Crippen LogP contribution in [-0.2, 0) is 12.8 Å². The average Bonchev–Trinajstić information content (AvgIpc) is 2.50. The van der Waals surface area contributed by atoms with E-state index < -0.39 is 0 Å². The Kier molecular flexibility index (Phi) is 6.21. The first-order chi connectivity index (χ1) is 10.2. The molecule has 0 heterocycles. The number of likely N-dealkylation sites (N-methyl/N-ethyl adjacent to an activating group) is 1. The predicted octanol–water partition coefficient (Wildman–Crippen LogP) is 4.63. The highest BCUT2D eigenvalue weighted by atomic mass is 35.5. The molecular weight excluding hydrogens is 285 g/mol. The van der Waals surface area contributed by atoms with E-state index in [0.717, 1.165) is 31.4 Å². The SMILES string of the molecule is CCNC(CCc1ccccc1)Cc1cc(F)ccc1Cl. The van der Waals surface area contributed by atoms with Gasteiger partial charge < -0.3 is 5.32 Å². The van der Waals surface area contributed by atoms with Gasteiger partial charge in [0.2, 0.25) is 0 Å². The Morgan fingerprint density at radius 2 is 1.90 bits per heavy atom. The first-order valence-electron chi connectivity index (χ1n) is 7.40. The van der Waals surface area contributed by atoms with Crippen LogP contribution >= 0.6 is 11.6 Å². The molecule has 0 saturated heterocycles. The van der Waals surface area contributed by atoms with E-state index >= 15 is 0 Å². The summed E-state index contributed by atoms with van der Waals surface area (Å²) in [5.41, 5.74) is 2.20. The van der Waals surface area contributed by atoms with E-state index in [1.807, 2.05) is 6.07 Å². The Balaban J connectivity index is 2.00. The highest BCUT2D eigenvalue weighted by Gasteiger charge is 2.12. The highest BCUT2D eigenvalue weighted by molar-refractivity contribution is 6.31. The molecule has 0 fully saturated rings. The minimum Gasteiger partial charge on any atom is -0.314 e. The van der Waals surface area contributed by atoms with Gasteiger partial charge in [-0.05, 0) is 55.1 Å². The van der Waals surface area contributed by atoms with Crippen molar-refractivity contribution in [1.82, 2.24) is 5.32 Å². The van der Waals surface area contributed by atoms with Crippen molar-refractivity contribution in [2.75, 3.05) is 6.54 Å². The fourth-order valence-electron chi connectivity index (χ4n) is 2.52. The summed E-state index contributed by atoms with van der Waals surface area (Å²) in [6, 6.07) is 15.3. The maximum atomic E-state index is 13.4. The third kappa shape index (κ3) is 5.14. The lowest BCUT2D eigenvalue weighted by molar-refractivity contribution is 0.490. The first kappa shape index (κ1) is 16.0. The van der Waals surface area contributed by atoms with Crippen LogP contribution < -0.4 is 5.32 Å². The Morgan fingerprint density at radius 1 is 1.14 bits per heavy atom. The Hall–Kier alpha value is -1.38. The minimum absolute atomic E-state index is 0.229. The van der Waals surface area contributed by atoms with Crippen LogP contribution in [0.2, 0.25) is 5.02 Å². The highest BCUT2D eigenvalue weighted by Crippen LogP contribution is 2.20. The summed E-state index contributed by atoms with van der Waals surface area (Å²) >= 11 is 6.16. The number of hydrogen-bond acceptors (Lipinski definition) is 1. The van der Waals surface area contributed by atoms with Gasteiger partial charge in [-0.15, -0.1) is 0 Å². The first-order valence-corrected chi connectivity index (χ1v) is 7.78. The van der Waals surface area contributed by atoms with Crippen LogP contribution in [0, 0.1) is 5.82 Å². The molecule has 3 heteroatoms. The molecule has 0 aliphatic carbocycles. The molecule has 0 spiro atoms. The number of hydrogen-bond donors (Lipinski definition) is 1. The lowest BCUT2D eigenvalue weighted by Crippen LogP contribution is -2.31. The molecule has 1 N–H and O–H groups in total. The second kappa shape index (κ2) is 8.16. The molecule has 2 aromatic rings. The zero-order valence-electron chi connectivity index (χ0n) is 12.3. The van der Waals surface area contributed by atoms with Gasteiger partial charge in [0, 0.05) is 11.1 Å². The molecule has 21 heavy (non-hydrogen) atoms. The molecule has 1 atom stereocenters. The molecule has 0 amide bonds. The summed E-state index contributed by atoms with van der Waals surface area (Å²) in [4.78, 5) is 0. The molecule has 0 radical (unpaired) electrons. The molecule has 2 rings (SSSR count). The van der Waals surface area contributed by atoms with E-state index in [0.29, 0.717) is 11.1 Å². The quantitative estimate of drug-likeness (QED) is 0.786. The second-order valence-electron chi connectivity index (χ2n) is 5.22. The molecule has 0 aliphatic heterocycles. The van der Waals surface area contributed by atoms with E-state index in [1.165, 1.54) is 17.7 Å². The number of benzene rings is 2. The normalized spacial score (nSPS) is 12.3. The summed E-state index contributed by atoms with van der Waals surface area (Å²) in [6.45, 7) is 2.98. The van der Waals surface area contributed by atoms with Gasteiger partial charge in [-0.3, -0.25) is 0 Å². The lowest BCUT2D eigenvalue weighted by Gasteiger charge is -2.19. The van der Waals surface area contributed by atoms with Crippen molar-refractivity contribution in [3.63, 3.8) is 0 Å². The molecule has 0 aromatic heterocycles. The minimum atomic E-state index is -0.229. The van der Waals surface area contributed by atoms with Crippen molar-refractivity contribution in [3.8, 4) is 0 Å². The summed E-state index contributed by atoms with van der Waals surface area (Å²) in [5, 5.41) is 4.10. The Morgan fingerprint density at radius 3 is 2.62 bits per heavy atom. The van der Waals surface area contributed by atoms with Gasteiger partial charge >= 0.3 is 0 Å². The summed E-state index contributed by atoms with van der Waals surface area (Å²) in [5.74, 6) is -0.229. The zero-order valence-corrected chi connectivity index (χ0v) is 13.0. The van der Waals surface area contributed by atoms with Crippen molar-refractivity contribution in [1.29, 1.82) is 0 Å². The lowest BCUT2D eigenvalue weighted by atomic mass is 9.99. The van der Waals surface area contributed by atoms with Crippen molar-refractivity contribution >= 4 is 11.6 Å². The van der Waals surface area contributed by atoms with Gasteiger partial charge in [-0.1, -0.05) is 48.9 Å². The van der Waals surface area contributed by atoms with Crippen LogP contribution in [0.4, 0.5) is 4.39 Å². The summed E-state index contributed by atoms with van der Waals surface area (Å²) < 4.78 is 13.4. The van der Waals surface area contributed by atoms with Crippen molar-refractivity contribution < 1.29 is 4.39 Å². The van der Waals surface area contributed by atoms with Crippen molar-refractivity contribution in [2.45, 2.75) is 32.2 Å². The molecule has 0 saturated carbocycles.